The van der Waals surface area contributed by atoms with Gasteiger partial charge in [-0.15, -0.1) is 0 Å². The molecular weight excluding hydrogens is 202 g/mol. The van der Waals surface area contributed by atoms with E-state index in [0.717, 1.165) is 17.8 Å². The van der Waals surface area contributed by atoms with Crippen LogP contribution in [-0.4, -0.2) is 21.1 Å². The van der Waals surface area contributed by atoms with Gasteiger partial charge in [0.1, 0.15) is 0 Å². The lowest BCUT2D eigenvalue weighted by molar-refractivity contribution is 0.112. The molecule has 0 spiro atoms. The summed E-state index contributed by atoms with van der Waals surface area (Å²) in [5, 5.41) is 4.37. The zero-order valence-electron chi connectivity index (χ0n) is 9.29. The van der Waals surface area contributed by atoms with E-state index in [1.807, 2.05) is 32.0 Å². The van der Waals surface area contributed by atoms with Crippen LogP contribution in [0.25, 0.3) is 5.82 Å². The van der Waals surface area contributed by atoms with Gasteiger partial charge in [-0.3, -0.25) is 4.79 Å². The Balaban J connectivity index is 2.48. The molecule has 16 heavy (non-hydrogen) atoms. The van der Waals surface area contributed by atoms with E-state index >= 15 is 0 Å². The van der Waals surface area contributed by atoms with Gasteiger partial charge in [-0.05, 0) is 18.1 Å². The van der Waals surface area contributed by atoms with Crippen molar-refractivity contribution >= 4 is 6.29 Å². The molecule has 2 aromatic heterocycles. The molecule has 0 atom stereocenters. The van der Waals surface area contributed by atoms with Crippen molar-refractivity contribution < 1.29 is 4.79 Å². The van der Waals surface area contributed by atoms with Crippen LogP contribution in [0.1, 0.15) is 35.8 Å². The number of hydrogen-bond donors (Lipinski definition) is 0. The third kappa shape index (κ3) is 1.86. The highest BCUT2D eigenvalue weighted by atomic mass is 16.1. The number of hydrogen-bond acceptors (Lipinski definition) is 3. The minimum Gasteiger partial charge on any atom is -0.298 e. The van der Waals surface area contributed by atoms with Crippen LogP contribution in [0.15, 0.2) is 30.6 Å². The van der Waals surface area contributed by atoms with Crippen molar-refractivity contribution in [2.24, 2.45) is 0 Å². The normalized spacial score (nSPS) is 10.7. The first-order chi connectivity index (χ1) is 7.72. The summed E-state index contributed by atoms with van der Waals surface area (Å²) in [6.07, 6.45) is 4.25. The molecule has 82 valence electrons. The van der Waals surface area contributed by atoms with E-state index in [0.29, 0.717) is 5.56 Å². The number of carbonyl (C=O) groups excluding carboxylic acids is 1. The van der Waals surface area contributed by atoms with Crippen molar-refractivity contribution in [1.82, 2.24) is 14.8 Å². The topological polar surface area (TPSA) is 47.8 Å². The lowest BCUT2D eigenvalue weighted by atomic mass is 10.1. The Morgan fingerprint density at radius 2 is 2.19 bits per heavy atom. The fourth-order valence-corrected chi connectivity index (χ4v) is 1.55. The van der Waals surface area contributed by atoms with Crippen LogP contribution < -0.4 is 0 Å². The van der Waals surface area contributed by atoms with Gasteiger partial charge in [0.2, 0.25) is 0 Å². The van der Waals surface area contributed by atoms with Crippen molar-refractivity contribution in [2.75, 3.05) is 0 Å². The number of aldehydes is 1. The largest absolute Gasteiger partial charge is 0.298 e. The highest BCUT2D eigenvalue weighted by Crippen LogP contribution is 2.17. The summed E-state index contributed by atoms with van der Waals surface area (Å²) in [6.45, 7) is 4.02. The monoisotopic (exact) mass is 215 g/mol. The number of carbonyl (C=O) groups is 1. The molecule has 0 bridgehead atoms. The highest BCUT2D eigenvalue weighted by molar-refractivity contribution is 5.76. The number of nitrogens with zero attached hydrogens (tertiary/aromatic N) is 3. The van der Waals surface area contributed by atoms with E-state index < -0.39 is 0 Å². The van der Waals surface area contributed by atoms with Crippen molar-refractivity contribution in [3.05, 3.63) is 41.9 Å². The molecule has 0 aromatic carbocycles. The highest BCUT2D eigenvalue weighted by Gasteiger charge is 2.12. The van der Waals surface area contributed by atoms with Gasteiger partial charge in [-0.25, -0.2) is 9.67 Å². The Hall–Kier alpha value is -1.97. The van der Waals surface area contributed by atoms with Crippen LogP contribution in [0, 0.1) is 0 Å². The lowest BCUT2D eigenvalue weighted by Gasteiger charge is -2.00. The number of pyridine rings is 1. The maximum atomic E-state index is 10.9. The maximum absolute atomic E-state index is 10.9. The predicted octanol–water partition coefficient (Wildman–Crippen LogP) is 2.20. The molecule has 0 aliphatic heterocycles. The van der Waals surface area contributed by atoms with Crippen molar-refractivity contribution in [2.45, 2.75) is 19.8 Å². The first-order valence-corrected chi connectivity index (χ1v) is 5.18. The second-order valence-corrected chi connectivity index (χ2v) is 3.87. The van der Waals surface area contributed by atoms with E-state index in [-0.39, 0.29) is 5.92 Å². The molecule has 0 unspecified atom stereocenters. The molecule has 0 saturated carbocycles. The fraction of sp³-hybridized carbons (Fsp3) is 0.250. The predicted molar refractivity (Wildman–Crippen MR) is 60.8 cm³/mol. The lowest BCUT2D eigenvalue weighted by Crippen LogP contribution is -1.99. The van der Waals surface area contributed by atoms with Gasteiger partial charge in [-0.2, -0.15) is 5.10 Å². The van der Waals surface area contributed by atoms with Gasteiger partial charge in [0, 0.05) is 12.4 Å². The first kappa shape index (κ1) is 10.5. The summed E-state index contributed by atoms with van der Waals surface area (Å²) >= 11 is 0. The van der Waals surface area contributed by atoms with Crippen LogP contribution in [-0.2, 0) is 0 Å². The first-order valence-electron chi connectivity index (χ1n) is 5.18. The van der Waals surface area contributed by atoms with Gasteiger partial charge < -0.3 is 0 Å². The van der Waals surface area contributed by atoms with E-state index in [9.17, 15) is 4.79 Å². The average Bonchev–Trinajstić information content (AvgIpc) is 2.74. The second kappa shape index (κ2) is 4.26. The molecule has 0 amide bonds. The molecule has 0 fully saturated rings. The summed E-state index contributed by atoms with van der Waals surface area (Å²) in [5.41, 5.74) is 1.43. The van der Waals surface area contributed by atoms with Crippen LogP contribution in [0.2, 0.25) is 0 Å². The molecule has 0 aliphatic carbocycles. The van der Waals surface area contributed by atoms with Crippen molar-refractivity contribution in [3.63, 3.8) is 0 Å². The molecule has 0 aliphatic rings. The van der Waals surface area contributed by atoms with Gasteiger partial charge in [0.25, 0.3) is 0 Å². The summed E-state index contributed by atoms with van der Waals surface area (Å²) < 4.78 is 1.64. The van der Waals surface area contributed by atoms with Gasteiger partial charge >= 0.3 is 0 Å². The summed E-state index contributed by atoms with van der Waals surface area (Å²) in [5.74, 6) is 0.947. The molecule has 2 aromatic rings. The molecule has 0 N–H and O–H groups in total. The fourth-order valence-electron chi connectivity index (χ4n) is 1.55. The molecule has 4 nitrogen and oxygen atoms in total. The Labute approximate surface area is 93.9 Å². The molecular formula is C12H13N3O. The van der Waals surface area contributed by atoms with Gasteiger partial charge in [0.15, 0.2) is 12.1 Å². The van der Waals surface area contributed by atoms with Crippen LogP contribution in [0.5, 0.6) is 0 Å². The smallest absolute Gasteiger partial charge is 0.153 e. The second-order valence-electron chi connectivity index (χ2n) is 3.87. The zero-order chi connectivity index (χ0) is 11.5. The summed E-state index contributed by atoms with van der Waals surface area (Å²) in [6, 6.07) is 5.59. The summed E-state index contributed by atoms with van der Waals surface area (Å²) in [7, 11) is 0. The number of rotatable bonds is 3. The van der Waals surface area contributed by atoms with E-state index in [1.165, 1.54) is 0 Å². The van der Waals surface area contributed by atoms with E-state index in [2.05, 4.69) is 10.1 Å². The van der Waals surface area contributed by atoms with Crippen LogP contribution >= 0.6 is 0 Å². The quantitative estimate of drug-likeness (QED) is 0.737. The third-order valence-corrected chi connectivity index (χ3v) is 2.33. The average molecular weight is 215 g/mol. The van der Waals surface area contributed by atoms with E-state index in [1.54, 1.807) is 17.1 Å². The SMILES string of the molecule is CC(C)c1nn(-c2ccccn2)cc1C=O. The van der Waals surface area contributed by atoms with Crippen molar-refractivity contribution in [1.29, 1.82) is 0 Å². The van der Waals surface area contributed by atoms with Crippen molar-refractivity contribution in [3.8, 4) is 5.82 Å². The molecule has 4 heteroatoms. The number of aromatic nitrogens is 3. The van der Waals surface area contributed by atoms with E-state index in [4.69, 9.17) is 0 Å². The third-order valence-electron chi connectivity index (χ3n) is 2.33. The Bertz CT molecular complexity index is 488. The minimum atomic E-state index is 0.227. The minimum absolute atomic E-state index is 0.227. The molecule has 0 radical (unpaired) electrons. The Kier molecular flexibility index (Phi) is 2.81. The maximum Gasteiger partial charge on any atom is 0.153 e. The van der Waals surface area contributed by atoms with Gasteiger partial charge in [0.05, 0.1) is 11.3 Å². The molecule has 2 rings (SSSR count). The molecule has 0 saturated heterocycles. The zero-order valence-corrected chi connectivity index (χ0v) is 9.29. The Morgan fingerprint density at radius 3 is 2.69 bits per heavy atom. The standard InChI is InChI=1S/C12H13N3O/c1-9(2)12-10(8-16)7-15(14-12)11-5-3-4-6-13-11/h3-9H,1-2H3. The Morgan fingerprint density at radius 1 is 1.38 bits per heavy atom. The van der Waals surface area contributed by atoms with Crippen LogP contribution in [0.3, 0.4) is 0 Å². The molecule has 2 heterocycles. The van der Waals surface area contributed by atoms with Crippen LogP contribution in [0.4, 0.5) is 0 Å². The van der Waals surface area contributed by atoms with Gasteiger partial charge in [-0.1, -0.05) is 19.9 Å². The summed E-state index contributed by atoms with van der Waals surface area (Å²) in [4.78, 5) is 15.1.